The van der Waals surface area contributed by atoms with Crippen molar-refractivity contribution >= 4 is 5.91 Å². The summed E-state index contributed by atoms with van der Waals surface area (Å²) in [5.74, 6) is 0.785. The molecule has 1 rings (SSSR count). The minimum atomic E-state index is -0.107. The van der Waals surface area contributed by atoms with Crippen molar-refractivity contribution in [2.45, 2.75) is 19.8 Å². The summed E-state index contributed by atoms with van der Waals surface area (Å²) in [7, 11) is 1.59. The van der Waals surface area contributed by atoms with Crippen LogP contribution in [0.2, 0.25) is 0 Å². The van der Waals surface area contributed by atoms with Gasteiger partial charge in [-0.1, -0.05) is 17.7 Å². The van der Waals surface area contributed by atoms with E-state index in [1.165, 1.54) is 5.56 Å². The van der Waals surface area contributed by atoms with Gasteiger partial charge in [-0.15, -0.1) is 0 Å². The van der Waals surface area contributed by atoms with Crippen LogP contribution < -0.4 is 10.1 Å². The number of ether oxygens (including phenoxy) is 3. The number of aryl methyl sites for hydroxylation is 1. The van der Waals surface area contributed by atoms with Crippen LogP contribution in [0.1, 0.15) is 18.4 Å². The number of carbonyl (C=O) groups is 1. The third kappa shape index (κ3) is 9.05. The fraction of sp³-hybridized carbons (Fsp3) is 0.562. The Balaban J connectivity index is 1.86. The number of amides is 1. The number of hydrogen-bond acceptors (Lipinski definition) is 4. The van der Waals surface area contributed by atoms with Crippen LogP contribution in [0, 0.1) is 6.92 Å². The predicted octanol–water partition coefficient (Wildman–Crippen LogP) is 1.93. The highest BCUT2D eigenvalue weighted by Crippen LogP contribution is 2.11. The lowest BCUT2D eigenvalue weighted by Gasteiger charge is -2.07. The Morgan fingerprint density at radius 1 is 1.00 bits per heavy atom. The van der Waals surface area contributed by atoms with Crippen molar-refractivity contribution in [3.63, 3.8) is 0 Å². The second-order valence-corrected chi connectivity index (χ2v) is 4.71. The Hall–Kier alpha value is -1.59. The maximum Gasteiger partial charge on any atom is 0.245 e. The molecule has 5 nitrogen and oxygen atoms in total. The molecule has 0 aliphatic rings. The van der Waals surface area contributed by atoms with Crippen molar-refractivity contribution in [3.8, 4) is 5.75 Å². The molecule has 1 aromatic carbocycles. The SMILES string of the molecule is CNC(=O)COCCCOCCCOc1ccc(C)cc1. The minimum absolute atomic E-state index is 0.107. The zero-order valence-electron chi connectivity index (χ0n) is 12.9. The molecule has 0 aromatic heterocycles. The van der Waals surface area contributed by atoms with Crippen LogP contribution in [-0.4, -0.2) is 46.0 Å². The van der Waals surface area contributed by atoms with Crippen LogP contribution in [0.25, 0.3) is 0 Å². The molecule has 0 fully saturated rings. The van der Waals surface area contributed by atoms with E-state index in [1.807, 2.05) is 24.3 Å². The highest BCUT2D eigenvalue weighted by molar-refractivity contribution is 5.76. The summed E-state index contributed by atoms with van der Waals surface area (Å²) in [6, 6.07) is 8.01. The quantitative estimate of drug-likeness (QED) is 0.634. The molecule has 21 heavy (non-hydrogen) atoms. The zero-order chi connectivity index (χ0) is 15.3. The monoisotopic (exact) mass is 295 g/mol. The largest absolute Gasteiger partial charge is 0.494 e. The maximum atomic E-state index is 10.9. The van der Waals surface area contributed by atoms with Crippen LogP contribution in [0.4, 0.5) is 0 Å². The van der Waals surface area contributed by atoms with Gasteiger partial charge in [0.1, 0.15) is 12.4 Å². The van der Waals surface area contributed by atoms with Crippen LogP contribution in [0.5, 0.6) is 5.75 Å². The van der Waals surface area contributed by atoms with Crippen LogP contribution in [-0.2, 0) is 14.3 Å². The summed E-state index contributed by atoms with van der Waals surface area (Å²) in [4.78, 5) is 10.9. The first kappa shape index (κ1) is 17.5. The molecule has 0 atom stereocenters. The van der Waals surface area contributed by atoms with Crippen molar-refractivity contribution in [1.29, 1.82) is 0 Å². The number of rotatable bonds is 11. The van der Waals surface area contributed by atoms with E-state index < -0.39 is 0 Å². The minimum Gasteiger partial charge on any atom is -0.494 e. The van der Waals surface area contributed by atoms with E-state index in [-0.39, 0.29) is 12.5 Å². The van der Waals surface area contributed by atoms with Gasteiger partial charge in [-0.05, 0) is 25.5 Å². The molecular formula is C16H25NO4. The smallest absolute Gasteiger partial charge is 0.245 e. The van der Waals surface area contributed by atoms with E-state index in [2.05, 4.69) is 12.2 Å². The van der Waals surface area contributed by atoms with E-state index in [4.69, 9.17) is 14.2 Å². The highest BCUT2D eigenvalue weighted by Gasteiger charge is 1.97. The fourth-order valence-corrected chi connectivity index (χ4v) is 1.59. The van der Waals surface area contributed by atoms with E-state index in [0.29, 0.717) is 26.4 Å². The van der Waals surface area contributed by atoms with E-state index in [1.54, 1.807) is 7.05 Å². The Labute approximate surface area is 126 Å². The molecule has 5 heteroatoms. The number of carbonyl (C=O) groups excluding carboxylic acids is 1. The standard InChI is InChI=1S/C16H25NO4/c1-14-5-7-15(8-6-14)21-12-4-10-19-9-3-11-20-13-16(18)17-2/h5-8H,3-4,9-13H2,1-2H3,(H,17,18). The Morgan fingerprint density at radius 3 is 2.29 bits per heavy atom. The molecule has 1 amide bonds. The molecule has 0 spiro atoms. The van der Waals surface area contributed by atoms with Gasteiger partial charge >= 0.3 is 0 Å². The first-order chi connectivity index (χ1) is 10.2. The lowest BCUT2D eigenvalue weighted by molar-refractivity contribution is -0.125. The second kappa shape index (κ2) is 11.1. The first-order valence-corrected chi connectivity index (χ1v) is 7.28. The maximum absolute atomic E-state index is 10.9. The highest BCUT2D eigenvalue weighted by atomic mass is 16.5. The molecular weight excluding hydrogens is 270 g/mol. The first-order valence-electron chi connectivity index (χ1n) is 7.28. The zero-order valence-corrected chi connectivity index (χ0v) is 12.9. The fourth-order valence-electron chi connectivity index (χ4n) is 1.59. The van der Waals surface area contributed by atoms with Crippen LogP contribution >= 0.6 is 0 Å². The lowest BCUT2D eigenvalue weighted by atomic mass is 10.2. The summed E-state index contributed by atoms with van der Waals surface area (Å²) in [6.45, 7) is 4.65. The topological polar surface area (TPSA) is 56.8 Å². The Bertz CT molecular complexity index is 392. The van der Waals surface area contributed by atoms with Gasteiger partial charge < -0.3 is 19.5 Å². The number of likely N-dealkylation sites (N-methyl/N-ethyl adjacent to an activating group) is 1. The van der Waals surface area contributed by atoms with E-state index in [9.17, 15) is 4.79 Å². The third-order valence-corrected chi connectivity index (χ3v) is 2.81. The van der Waals surface area contributed by atoms with Gasteiger partial charge in [0.25, 0.3) is 0 Å². The second-order valence-electron chi connectivity index (χ2n) is 4.71. The van der Waals surface area contributed by atoms with Gasteiger partial charge in [0.05, 0.1) is 6.61 Å². The van der Waals surface area contributed by atoms with Crippen molar-refractivity contribution in [2.24, 2.45) is 0 Å². The van der Waals surface area contributed by atoms with Crippen LogP contribution in [0.15, 0.2) is 24.3 Å². The van der Waals surface area contributed by atoms with Gasteiger partial charge in [0.15, 0.2) is 0 Å². The molecule has 0 unspecified atom stereocenters. The van der Waals surface area contributed by atoms with Gasteiger partial charge in [0.2, 0.25) is 5.91 Å². The van der Waals surface area contributed by atoms with Crippen molar-refractivity contribution in [2.75, 3.05) is 40.1 Å². The van der Waals surface area contributed by atoms with Gasteiger partial charge in [0, 0.05) is 33.3 Å². The molecule has 1 aromatic rings. The number of benzene rings is 1. The Kier molecular flexibility index (Phi) is 9.24. The van der Waals surface area contributed by atoms with Gasteiger partial charge in [-0.3, -0.25) is 4.79 Å². The van der Waals surface area contributed by atoms with E-state index in [0.717, 1.165) is 18.6 Å². The average molecular weight is 295 g/mol. The van der Waals surface area contributed by atoms with Crippen molar-refractivity contribution in [3.05, 3.63) is 29.8 Å². The molecule has 0 aliphatic heterocycles. The van der Waals surface area contributed by atoms with Crippen LogP contribution in [0.3, 0.4) is 0 Å². The summed E-state index contributed by atoms with van der Waals surface area (Å²) < 4.78 is 16.2. The Morgan fingerprint density at radius 2 is 1.62 bits per heavy atom. The molecule has 1 N–H and O–H groups in total. The normalized spacial score (nSPS) is 10.4. The summed E-state index contributed by atoms with van der Waals surface area (Å²) in [5.41, 5.74) is 1.23. The number of nitrogens with one attached hydrogen (secondary N) is 1. The molecule has 0 bridgehead atoms. The molecule has 118 valence electrons. The molecule has 0 radical (unpaired) electrons. The van der Waals surface area contributed by atoms with E-state index >= 15 is 0 Å². The number of hydrogen-bond donors (Lipinski definition) is 1. The molecule has 0 saturated heterocycles. The van der Waals surface area contributed by atoms with Gasteiger partial charge in [-0.25, -0.2) is 0 Å². The summed E-state index contributed by atoms with van der Waals surface area (Å²) >= 11 is 0. The molecule has 0 aliphatic carbocycles. The molecule has 0 saturated carbocycles. The average Bonchev–Trinajstić information content (AvgIpc) is 2.50. The van der Waals surface area contributed by atoms with Crippen molar-refractivity contribution < 1.29 is 19.0 Å². The third-order valence-electron chi connectivity index (χ3n) is 2.81. The van der Waals surface area contributed by atoms with Gasteiger partial charge in [-0.2, -0.15) is 0 Å². The summed E-state index contributed by atoms with van der Waals surface area (Å²) in [6.07, 6.45) is 1.64. The predicted molar refractivity (Wildman–Crippen MR) is 81.6 cm³/mol. The van der Waals surface area contributed by atoms with Crippen molar-refractivity contribution in [1.82, 2.24) is 5.32 Å². The lowest BCUT2D eigenvalue weighted by Crippen LogP contribution is -2.23. The molecule has 0 heterocycles. The summed E-state index contributed by atoms with van der Waals surface area (Å²) in [5, 5.41) is 2.50.